The van der Waals surface area contributed by atoms with Gasteiger partial charge in [-0.1, -0.05) is 13.3 Å². The van der Waals surface area contributed by atoms with Gasteiger partial charge < -0.3 is 9.67 Å². The normalized spacial score (nSPS) is 11.3. The quantitative estimate of drug-likeness (QED) is 0.381. The van der Waals surface area contributed by atoms with Crippen molar-refractivity contribution in [3.63, 3.8) is 0 Å². The van der Waals surface area contributed by atoms with E-state index in [0.29, 0.717) is 17.5 Å². The second kappa shape index (κ2) is 8.15. The Labute approximate surface area is 175 Å². The van der Waals surface area contributed by atoms with Gasteiger partial charge in [0.25, 0.3) is 0 Å². The van der Waals surface area contributed by atoms with Crippen LogP contribution in [0, 0.1) is 0 Å². The average Bonchev–Trinajstić information content (AvgIpc) is 3.09. The molecule has 0 saturated carbocycles. The summed E-state index contributed by atoms with van der Waals surface area (Å²) in [5, 5.41) is 11.5. The number of aromatic hydroxyl groups is 1. The maximum absolute atomic E-state index is 13.0. The lowest BCUT2D eigenvalue weighted by atomic mass is 9.99. The van der Waals surface area contributed by atoms with Crippen LogP contribution in [0.15, 0.2) is 60.7 Å². The largest absolute Gasteiger partial charge is 0.508 e. The summed E-state index contributed by atoms with van der Waals surface area (Å²) in [6, 6.07) is 17.9. The van der Waals surface area contributed by atoms with Crippen LogP contribution < -0.4 is 0 Å². The minimum absolute atomic E-state index is 0.0931. The lowest BCUT2D eigenvalue weighted by molar-refractivity contribution is 0.0979. The third-order valence-corrected chi connectivity index (χ3v) is 5.65. The number of phenols is 1. The molecule has 30 heavy (non-hydrogen) atoms. The van der Waals surface area contributed by atoms with Crippen LogP contribution >= 0.6 is 0 Å². The molecule has 4 heteroatoms. The molecule has 4 aromatic rings. The highest BCUT2D eigenvalue weighted by Gasteiger charge is 2.16. The van der Waals surface area contributed by atoms with Gasteiger partial charge in [0.2, 0.25) is 0 Å². The Bertz CT molecular complexity index is 1250. The van der Waals surface area contributed by atoms with Crippen LogP contribution in [-0.4, -0.2) is 21.2 Å². The summed E-state index contributed by atoms with van der Waals surface area (Å²) in [5.74, 6) is 0.199. The fourth-order valence-electron chi connectivity index (χ4n) is 4.02. The van der Waals surface area contributed by atoms with E-state index in [9.17, 15) is 14.7 Å². The molecule has 0 spiro atoms. The number of hydrogen-bond acceptors (Lipinski definition) is 3. The van der Waals surface area contributed by atoms with Crippen LogP contribution in [0.2, 0.25) is 0 Å². The SMILES string of the molecule is CCCCC(=O)c1ccc2c(c1)c1cc(C(=O)c3ccc(O)cc3)ccc1n2CC. The van der Waals surface area contributed by atoms with Crippen LogP contribution in [-0.2, 0) is 6.54 Å². The summed E-state index contributed by atoms with van der Waals surface area (Å²) in [7, 11) is 0. The van der Waals surface area contributed by atoms with E-state index >= 15 is 0 Å². The molecule has 0 aliphatic carbocycles. The Morgan fingerprint density at radius 1 is 0.800 bits per heavy atom. The first-order valence-electron chi connectivity index (χ1n) is 10.5. The summed E-state index contributed by atoms with van der Waals surface area (Å²) in [5.41, 5.74) is 3.95. The Morgan fingerprint density at radius 2 is 1.37 bits per heavy atom. The number of phenolic OH excluding ortho intramolecular Hbond substituents is 1. The lowest BCUT2D eigenvalue weighted by Gasteiger charge is -2.05. The highest BCUT2D eigenvalue weighted by molar-refractivity contribution is 6.15. The molecule has 0 saturated heterocycles. The molecular formula is C26H25NO3. The van der Waals surface area contributed by atoms with Gasteiger partial charge in [-0.05, 0) is 74.0 Å². The number of benzene rings is 3. The molecule has 1 N–H and O–H groups in total. The zero-order chi connectivity index (χ0) is 21.3. The van der Waals surface area contributed by atoms with Crippen molar-refractivity contribution >= 4 is 33.4 Å². The molecule has 3 aromatic carbocycles. The molecule has 4 nitrogen and oxygen atoms in total. The van der Waals surface area contributed by atoms with Crippen molar-refractivity contribution in [2.45, 2.75) is 39.7 Å². The molecule has 4 rings (SSSR count). The highest BCUT2D eigenvalue weighted by Crippen LogP contribution is 2.31. The highest BCUT2D eigenvalue weighted by atomic mass is 16.3. The molecule has 0 bridgehead atoms. The number of ketones is 2. The number of fused-ring (bicyclic) bond motifs is 3. The number of hydrogen-bond donors (Lipinski definition) is 1. The molecule has 152 valence electrons. The number of Topliss-reactive ketones (excluding diaryl/α,β-unsaturated/α-hetero) is 1. The van der Waals surface area contributed by atoms with E-state index in [4.69, 9.17) is 0 Å². The summed E-state index contributed by atoms with van der Waals surface area (Å²) in [6.07, 6.45) is 2.43. The Kier molecular flexibility index (Phi) is 5.40. The van der Waals surface area contributed by atoms with Gasteiger partial charge in [-0.3, -0.25) is 9.59 Å². The van der Waals surface area contributed by atoms with E-state index < -0.39 is 0 Å². The third kappa shape index (κ3) is 3.50. The van der Waals surface area contributed by atoms with Crippen LogP contribution in [0.4, 0.5) is 0 Å². The van der Waals surface area contributed by atoms with E-state index in [0.717, 1.165) is 46.8 Å². The molecule has 1 aromatic heterocycles. The molecule has 0 amide bonds. The first-order chi connectivity index (χ1) is 14.5. The molecule has 0 fully saturated rings. The predicted molar refractivity (Wildman–Crippen MR) is 121 cm³/mol. The van der Waals surface area contributed by atoms with Crippen LogP contribution in [0.25, 0.3) is 21.8 Å². The van der Waals surface area contributed by atoms with Crippen molar-refractivity contribution in [1.82, 2.24) is 4.57 Å². The summed E-state index contributed by atoms with van der Waals surface area (Å²) in [6.45, 7) is 4.97. The minimum atomic E-state index is -0.0931. The summed E-state index contributed by atoms with van der Waals surface area (Å²) in [4.78, 5) is 25.5. The number of aromatic nitrogens is 1. The summed E-state index contributed by atoms with van der Waals surface area (Å²) >= 11 is 0. The van der Waals surface area contributed by atoms with E-state index in [-0.39, 0.29) is 17.3 Å². The number of carbonyl (C=O) groups is 2. The number of aryl methyl sites for hydroxylation is 1. The smallest absolute Gasteiger partial charge is 0.193 e. The van der Waals surface area contributed by atoms with Gasteiger partial charge in [0.15, 0.2) is 11.6 Å². The second-order valence-corrected chi connectivity index (χ2v) is 7.61. The number of unbranched alkanes of at least 4 members (excludes halogenated alkanes) is 1. The van der Waals surface area contributed by atoms with Crippen LogP contribution in [0.5, 0.6) is 5.75 Å². The van der Waals surface area contributed by atoms with Crippen molar-refractivity contribution in [3.8, 4) is 5.75 Å². The number of nitrogens with zero attached hydrogens (tertiary/aromatic N) is 1. The van der Waals surface area contributed by atoms with Gasteiger partial charge in [-0.15, -0.1) is 0 Å². The van der Waals surface area contributed by atoms with Crippen molar-refractivity contribution in [2.75, 3.05) is 0 Å². The van der Waals surface area contributed by atoms with Crippen molar-refractivity contribution in [1.29, 1.82) is 0 Å². The second-order valence-electron chi connectivity index (χ2n) is 7.61. The zero-order valence-corrected chi connectivity index (χ0v) is 17.3. The fourth-order valence-corrected chi connectivity index (χ4v) is 4.02. The number of rotatable bonds is 7. The van der Waals surface area contributed by atoms with Gasteiger partial charge in [-0.25, -0.2) is 0 Å². The molecule has 0 atom stereocenters. The van der Waals surface area contributed by atoms with E-state index in [1.165, 1.54) is 12.1 Å². The first-order valence-corrected chi connectivity index (χ1v) is 10.5. The maximum atomic E-state index is 13.0. The zero-order valence-electron chi connectivity index (χ0n) is 17.3. The molecule has 0 aliphatic rings. The van der Waals surface area contributed by atoms with Gasteiger partial charge in [0.05, 0.1) is 0 Å². The van der Waals surface area contributed by atoms with Crippen molar-refractivity contribution in [3.05, 3.63) is 77.4 Å². The lowest BCUT2D eigenvalue weighted by Crippen LogP contribution is -2.01. The fraction of sp³-hybridized carbons (Fsp3) is 0.231. The van der Waals surface area contributed by atoms with E-state index in [1.807, 2.05) is 36.4 Å². The molecule has 1 heterocycles. The van der Waals surface area contributed by atoms with E-state index in [2.05, 4.69) is 18.4 Å². The molecule has 0 radical (unpaired) electrons. The molecule has 0 aliphatic heterocycles. The molecule has 0 unspecified atom stereocenters. The Balaban J connectivity index is 1.84. The van der Waals surface area contributed by atoms with E-state index in [1.54, 1.807) is 12.1 Å². The number of carbonyl (C=O) groups excluding carboxylic acids is 2. The average molecular weight is 399 g/mol. The Morgan fingerprint density at radius 3 is 1.97 bits per heavy atom. The van der Waals surface area contributed by atoms with Gasteiger partial charge in [0, 0.05) is 51.5 Å². The van der Waals surface area contributed by atoms with Crippen LogP contribution in [0.1, 0.15) is 59.4 Å². The maximum Gasteiger partial charge on any atom is 0.193 e. The van der Waals surface area contributed by atoms with Gasteiger partial charge >= 0.3 is 0 Å². The standard InChI is InChI=1S/C26H25NO3/c1-3-5-6-25(29)18-9-13-23-21(15-18)22-16-19(10-14-24(22)27(23)4-2)26(30)17-7-11-20(28)12-8-17/h7-16,28H,3-6H2,1-2H3. The van der Waals surface area contributed by atoms with Gasteiger partial charge in [-0.2, -0.15) is 0 Å². The van der Waals surface area contributed by atoms with Gasteiger partial charge in [0.1, 0.15) is 5.75 Å². The monoisotopic (exact) mass is 399 g/mol. The topological polar surface area (TPSA) is 59.3 Å². The summed E-state index contributed by atoms with van der Waals surface area (Å²) < 4.78 is 2.21. The first kappa shape index (κ1) is 19.9. The Hall–Kier alpha value is -3.40. The van der Waals surface area contributed by atoms with Crippen molar-refractivity contribution < 1.29 is 14.7 Å². The predicted octanol–water partition coefficient (Wildman–Crippen LogP) is 6.12. The van der Waals surface area contributed by atoms with Crippen LogP contribution in [0.3, 0.4) is 0 Å². The van der Waals surface area contributed by atoms with Crippen molar-refractivity contribution in [2.24, 2.45) is 0 Å². The molecular weight excluding hydrogens is 374 g/mol. The minimum Gasteiger partial charge on any atom is -0.508 e. The third-order valence-electron chi connectivity index (χ3n) is 5.65.